The van der Waals surface area contributed by atoms with Gasteiger partial charge < -0.3 is 10.4 Å². The van der Waals surface area contributed by atoms with Crippen molar-refractivity contribution in [3.05, 3.63) is 52.9 Å². The van der Waals surface area contributed by atoms with Gasteiger partial charge in [-0.15, -0.1) is 0 Å². The molecule has 17 heavy (non-hydrogen) atoms. The highest BCUT2D eigenvalue weighted by Crippen LogP contribution is 2.18. The molecule has 0 saturated carbocycles. The number of rotatable bonds is 4. The number of aliphatic hydroxyl groups is 1. The van der Waals surface area contributed by atoms with Gasteiger partial charge in [-0.2, -0.15) is 0 Å². The van der Waals surface area contributed by atoms with Gasteiger partial charge in [-0.05, 0) is 17.7 Å². The van der Waals surface area contributed by atoms with Crippen LogP contribution in [0.4, 0.5) is 5.82 Å². The average Bonchev–Trinajstić information content (AvgIpc) is 2.37. The summed E-state index contributed by atoms with van der Waals surface area (Å²) in [5, 5.41) is 13.0. The number of benzene rings is 1. The summed E-state index contributed by atoms with van der Waals surface area (Å²) < 4.78 is 0.952. The highest BCUT2D eigenvalue weighted by atomic mass is 79.9. The van der Waals surface area contributed by atoms with Crippen molar-refractivity contribution in [3.8, 4) is 0 Å². The fraction of sp³-hybridized carbons (Fsp3) is 0.167. The second-order valence-corrected chi connectivity index (χ2v) is 4.46. The van der Waals surface area contributed by atoms with Gasteiger partial charge in [0.15, 0.2) is 0 Å². The molecule has 0 spiro atoms. The SMILES string of the molecule is O[C@H](CNc1cnccn1)c1cccc(Br)c1. The summed E-state index contributed by atoms with van der Waals surface area (Å²) in [7, 11) is 0. The van der Waals surface area contributed by atoms with Gasteiger partial charge in [-0.25, -0.2) is 4.98 Å². The molecule has 0 aliphatic carbocycles. The standard InChI is InChI=1S/C12H12BrN3O/c13-10-3-1-2-9(6-10)11(17)7-16-12-8-14-4-5-15-12/h1-6,8,11,17H,7H2,(H,15,16)/t11-/m1/s1. The Morgan fingerprint density at radius 2 is 2.24 bits per heavy atom. The molecule has 2 rings (SSSR count). The molecule has 1 heterocycles. The zero-order valence-electron chi connectivity index (χ0n) is 9.05. The van der Waals surface area contributed by atoms with Crippen LogP contribution in [0.2, 0.25) is 0 Å². The van der Waals surface area contributed by atoms with Crippen LogP contribution < -0.4 is 5.32 Å². The van der Waals surface area contributed by atoms with Crippen molar-refractivity contribution in [1.29, 1.82) is 0 Å². The van der Waals surface area contributed by atoms with Crippen molar-refractivity contribution in [2.24, 2.45) is 0 Å². The highest BCUT2D eigenvalue weighted by Gasteiger charge is 2.07. The predicted octanol–water partition coefficient (Wildman–Crippen LogP) is 2.38. The Kier molecular flexibility index (Phi) is 4.06. The lowest BCUT2D eigenvalue weighted by Gasteiger charge is -2.12. The summed E-state index contributed by atoms with van der Waals surface area (Å²) in [5.41, 5.74) is 0.857. The molecule has 4 nitrogen and oxygen atoms in total. The molecular formula is C12H12BrN3O. The number of aromatic nitrogens is 2. The summed E-state index contributed by atoms with van der Waals surface area (Å²) in [5.74, 6) is 0.654. The van der Waals surface area contributed by atoms with Gasteiger partial charge in [0.1, 0.15) is 5.82 Å². The first-order valence-corrected chi connectivity index (χ1v) is 5.98. The average molecular weight is 294 g/mol. The number of nitrogens with zero attached hydrogens (tertiary/aromatic N) is 2. The van der Waals surface area contributed by atoms with Crippen LogP contribution in [0.25, 0.3) is 0 Å². The number of hydrogen-bond acceptors (Lipinski definition) is 4. The van der Waals surface area contributed by atoms with E-state index in [9.17, 15) is 5.11 Å². The zero-order chi connectivity index (χ0) is 12.1. The molecule has 2 aromatic rings. The Hall–Kier alpha value is -1.46. The maximum atomic E-state index is 9.97. The van der Waals surface area contributed by atoms with Crippen LogP contribution in [0.1, 0.15) is 11.7 Å². The molecule has 0 amide bonds. The molecule has 0 fully saturated rings. The van der Waals surface area contributed by atoms with Crippen molar-refractivity contribution < 1.29 is 5.11 Å². The van der Waals surface area contributed by atoms with E-state index in [0.29, 0.717) is 12.4 Å². The van der Waals surface area contributed by atoms with Gasteiger partial charge in [0.05, 0.1) is 12.3 Å². The number of hydrogen-bond donors (Lipinski definition) is 2. The van der Waals surface area contributed by atoms with Gasteiger partial charge in [0.25, 0.3) is 0 Å². The monoisotopic (exact) mass is 293 g/mol. The Morgan fingerprint density at radius 3 is 2.94 bits per heavy atom. The molecule has 0 aliphatic heterocycles. The van der Waals surface area contributed by atoms with Crippen LogP contribution in [0.5, 0.6) is 0 Å². The summed E-state index contributed by atoms with van der Waals surface area (Å²) in [6.07, 6.45) is 4.26. The maximum Gasteiger partial charge on any atom is 0.144 e. The summed E-state index contributed by atoms with van der Waals surface area (Å²) >= 11 is 3.37. The van der Waals surface area contributed by atoms with Crippen LogP contribution in [0.15, 0.2) is 47.3 Å². The number of anilines is 1. The quantitative estimate of drug-likeness (QED) is 0.909. The van der Waals surface area contributed by atoms with Crippen molar-refractivity contribution in [3.63, 3.8) is 0 Å². The summed E-state index contributed by atoms with van der Waals surface area (Å²) in [6.45, 7) is 0.398. The minimum Gasteiger partial charge on any atom is -0.387 e. The maximum absolute atomic E-state index is 9.97. The van der Waals surface area contributed by atoms with Crippen molar-refractivity contribution >= 4 is 21.7 Å². The van der Waals surface area contributed by atoms with Crippen LogP contribution in [0, 0.1) is 0 Å². The van der Waals surface area contributed by atoms with Gasteiger partial charge in [0, 0.05) is 23.4 Å². The molecular weight excluding hydrogens is 282 g/mol. The van der Waals surface area contributed by atoms with E-state index in [2.05, 4.69) is 31.2 Å². The summed E-state index contributed by atoms with van der Waals surface area (Å²) in [6, 6.07) is 7.59. The lowest BCUT2D eigenvalue weighted by Crippen LogP contribution is -2.12. The number of nitrogens with one attached hydrogen (secondary N) is 1. The zero-order valence-corrected chi connectivity index (χ0v) is 10.6. The van der Waals surface area contributed by atoms with E-state index in [4.69, 9.17) is 0 Å². The van der Waals surface area contributed by atoms with Crippen molar-refractivity contribution in [1.82, 2.24) is 9.97 Å². The van der Waals surface area contributed by atoms with E-state index in [1.165, 1.54) is 0 Å². The Bertz CT molecular complexity index is 478. The second-order valence-electron chi connectivity index (χ2n) is 3.54. The van der Waals surface area contributed by atoms with Crippen LogP contribution in [0.3, 0.4) is 0 Å². The number of halogens is 1. The van der Waals surface area contributed by atoms with Gasteiger partial charge in [-0.1, -0.05) is 28.1 Å². The second kappa shape index (κ2) is 5.75. The normalized spacial score (nSPS) is 12.1. The fourth-order valence-electron chi connectivity index (χ4n) is 1.42. The largest absolute Gasteiger partial charge is 0.387 e. The van der Waals surface area contributed by atoms with E-state index >= 15 is 0 Å². The lowest BCUT2D eigenvalue weighted by molar-refractivity contribution is 0.191. The van der Waals surface area contributed by atoms with E-state index in [0.717, 1.165) is 10.0 Å². The summed E-state index contributed by atoms with van der Waals surface area (Å²) in [4.78, 5) is 8.00. The molecule has 0 bridgehead atoms. The highest BCUT2D eigenvalue weighted by molar-refractivity contribution is 9.10. The van der Waals surface area contributed by atoms with Crippen LogP contribution in [-0.2, 0) is 0 Å². The van der Waals surface area contributed by atoms with E-state index in [1.54, 1.807) is 18.6 Å². The smallest absolute Gasteiger partial charge is 0.144 e. The van der Waals surface area contributed by atoms with Crippen molar-refractivity contribution in [2.45, 2.75) is 6.10 Å². The molecule has 1 aromatic heterocycles. The van der Waals surface area contributed by atoms with E-state index in [-0.39, 0.29) is 0 Å². The van der Waals surface area contributed by atoms with E-state index < -0.39 is 6.10 Å². The molecule has 0 aliphatic rings. The third-order valence-electron chi connectivity index (χ3n) is 2.27. The van der Waals surface area contributed by atoms with Crippen molar-refractivity contribution in [2.75, 3.05) is 11.9 Å². The minimum absolute atomic E-state index is 0.398. The first-order valence-electron chi connectivity index (χ1n) is 5.19. The minimum atomic E-state index is -0.575. The third-order valence-corrected chi connectivity index (χ3v) is 2.77. The fourth-order valence-corrected chi connectivity index (χ4v) is 1.84. The van der Waals surface area contributed by atoms with Crippen LogP contribution >= 0.6 is 15.9 Å². The first-order chi connectivity index (χ1) is 8.25. The molecule has 0 saturated heterocycles. The Labute approximate surface area is 108 Å². The molecule has 1 aromatic carbocycles. The Morgan fingerprint density at radius 1 is 1.35 bits per heavy atom. The third kappa shape index (κ3) is 3.51. The predicted molar refractivity (Wildman–Crippen MR) is 69.6 cm³/mol. The number of aliphatic hydroxyl groups excluding tert-OH is 1. The Balaban J connectivity index is 1.96. The first kappa shape index (κ1) is 12.0. The molecule has 88 valence electrons. The van der Waals surface area contributed by atoms with Gasteiger partial charge in [-0.3, -0.25) is 4.98 Å². The molecule has 0 unspecified atom stereocenters. The topological polar surface area (TPSA) is 58.0 Å². The molecule has 5 heteroatoms. The van der Waals surface area contributed by atoms with Gasteiger partial charge >= 0.3 is 0 Å². The molecule has 1 atom stereocenters. The van der Waals surface area contributed by atoms with Crippen LogP contribution in [-0.4, -0.2) is 21.6 Å². The lowest BCUT2D eigenvalue weighted by atomic mass is 10.1. The van der Waals surface area contributed by atoms with Gasteiger partial charge in [0.2, 0.25) is 0 Å². The van der Waals surface area contributed by atoms with E-state index in [1.807, 2.05) is 24.3 Å². The molecule has 2 N–H and O–H groups in total. The molecule has 0 radical (unpaired) electrons.